The molecule has 1 N–H and O–H groups in total. The Balaban J connectivity index is 3.20. The minimum Gasteiger partial charge on any atom is -0.496 e. The molecule has 1 aromatic carbocycles. The molecule has 0 spiro atoms. The van der Waals surface area contributed by atoms with E-state index in [-0.39, 0.29) is 23.5 Å². The third-order valence-electron chi connectivity index (χ3n) is 2.82. The maximum atomic E-state index is 12.8. The number of halogens is 2. The van der Waals surface area contributed by atoms with E-state index in [4.69, 9.17) is 14.6 Å². The molecule has 1 unspecified atom stereocenters. The summed E-state index contributed by atoms with van der Waals surface area (Å²) in [6.07, 6.45) is -2.51. The highest BCUT2D eigenvalue weighted by Crippen LogP contribution is 2.36. The maximum Gasteiger partial charge on any atom is 0.306 e. The molecule has 6 heteroatoms. The molecule has 4 nitrogen and oxygen atoms in total. The van der Waals surface area contributed by atoms with Gasteiger partial charge in [-0.25, -0.2) is 8.78 Å². The van der Waals surface area contributed by atoms with E-state index < -0.39 is 18.3 Å². The van der Waals surface area contributed by atoms with Crippen LogP contribution in [0.15, 0.2) is 12.1 Å². The van der Waals surface area contributed by atoms with Gasteiger partial charge < -0.3 is 14.6 Å². The number of hydrogen-bond donors (Lipinski definition) is 1. The molecular formula is C13H16F2O4. The lowest BCUT2D eigenvalue weighted by molar-refractivity contribution is -0.141. The van der Waals surface area contributed by atoms with Crippen LogP contribution in [-0.2, 0) is 11.2 Å². The maximum absolute atomic E-state index is 12.8. The number of aliphatic carboxylic acids is 1. The second-order valence-electron chi connectivity index (χ2n) is 4.15. The Bertz CT molecular complexity index is 460. The van der Waals surface area contributed by atoms with Crippen LogP contribution in [0, 0.1) is 5.92 Å². The second kappa shape index (κ2) is 6.36. The molecular weight excluding hydrogens is 258 g/mol. The van der Waals surface area contributed by atoms with Crippen molar-refractivity contribution in [1.82, 2.24) is 0 Å². The van der Waals surface area contributed by atoms with Gasteiger partial charge in [0.15, 0.2) is 0 Å². The lowest BCUT2D eigenvalue weighted by atomic mass is 9.98. The number of ether oxygens (including phenoxy) is 2. The van der Waals surface area contributed by atoms with Crippen LogP contribution in [0.5, 0.6) is 11.5 Å². The van der Waals surface area contributed by atoms with Crippen molar-refractivity contribution in [2.45, 2.75) is 19.8 Å². The van der Waals surface area contributed by atoms with Gasteiger partial charge in [-0.15, -0.1) is 0 Å². The van der Waals surface area contributed by atoms with Gasteiger partial charge in [0.05, 0.1) is 25.7 Å². The van der Waals surface area contributed by atoms with Crippen molar-refractivity contribution in [1.29, 1.82) is 0 Å². The number of hydrogen-bond acceptors (Lipinski definition) is 3. The molecule has 106 valence electrons. The smallest absolute Gasteiger partial charge is 0.306 e. The molecule has 0 amide bonds. The van der Waals surface area contributed by atoms with Gasteiger partial charge in [0.1, 0.15) is 11.5 Å². The molecule has 0 aliphatic heterocycles. The Labute approximate surface area is 109 Å². The zero-order valence-corrected chi connectivity index (χ0v) is 10.9. The summed E-state index contributed by atoms with van der Waals surface area (Å²) in [5.41, 5.74) is 0.254. The van der Waals surface area contributed by atoms with Crippen LogP contribution in [0.3, 0.4) is 0 Å². The van der Waals surface area contributed by atoms with Crippen LogP contribution in [-0.4, -0.2) is 25.3 Å². The van der Waals surface area contributed by atoms with E-state index in [2.05, 4.69) is 0 Å². The summed E-state index contributed by atoms with van der Waals surface area (Å²) >= 11 is 0. The number of alkyl halides is 2. The largest absolute Gasteiger partial charge is 0.496 e. The molecule has 0 aliphatic carbocycles. The van der Waals surface area contributed by atoms with E-state index in [0.717, 1.165) is 0 Å². The fraction of sp³-hybridized carbons (Fsp3) is 0.462. The van der Waals surface area contributed by atoms with E-state index in [1.54, 1.807) is 0 Å². The number of benzene rings is 1. The molecule has 1 aromatic rings. The lowest BCUT2D eigenvalue weighted by Crippen LogP contribution is -2.13. The number of carboxylic acid groups (broad SMARTS) is 1. The summed E-state index contributed by atoms with van der Waals surface area (Å²) in [4.78, 5) is 10.8. The molecule has 0 fully saturated rings. The fourth-order valence-electron chi connectivity index (χ4n) is 1.73. The van der Waals surface area contributed by atoms with Gasteiger partial charge in [-0.1, -0.05) is 6.92 Å². The summed E-state index contributed by atoms with van der Waals surface area (Å²) in [6, 6.07) is 2.59. The molecule has 0 saturated carbocycles. The van der Waals surface area contributed by atoms with Gasteiger partial charge in [-0.2, -0.15) is 0 Å². The first kappa shape index (κ1) is 15.2. The van der Waals surface area contributed by atoms with Crippen LogP contribution in [0.25, 0.3) is 0 Å². The zero-order chi connectivity index (χ0) is 14.6. The van der Waals surface area contributed by atoms with Crippen molar-refractivity contribution in [3.05, 3.63) is 23.3 Å². The molecule has 0 bridgehead atoms. The van der Waals surface area contributed by atoms with E-state index in [0.29, 0.717) is 5.56 Å². The number of methoxy groups -OCH3 is 2. The van der Waals surface area contributed by atoms with Gasteiger partial charge in [0.25, 0.3) is 6.43 Å². The minimum atomic E-state index is -2.69. The summed E-state index contributed by atoms with van der Waals surface area (Å²) in [5.74, 6) is -1.33. The Kier molecular flexibility index (Phi) is 5.09. The Morgan fingerprint density at radius 1 is 1.26 bits per heavy atom. The van der Waals surface area contributed by atoms with Crippen molar-refractivity contribution in [3.63, 3.8) is 0 Å². The molecule has 0 heterocycles. The second-order valence-corrected chi connectivity index (χ2v) is 4.15. The average Bonchev–Trinajstić information content (AvgIpc) is 2.37. The van der Waals surface area contributed by atoms with E-state index in [1.165, 1.54) is 33.3 Å². The van der Waals surface area contributed by atoms with E-state index >= 15 is 0 Å². The first-order chi connectivity index (χ1) is 8.90. The summed E-state index contributed by atoms with van der Waals surface area (Å²) in [5, 5.41) is 8.88. The predicted octanol–water partition coefficient (Wildman–Crippen LogP) is 2.90. The van der Waals surface area contributed by atoms with Crippen molar-refractivity contribution in [3.8, 4) is 11.5 Å². The number of carboxylic acids is 1. The SMILES string of the molecule is COc1cc(C(F)F)c(OC)cc1CC(C)C(=O)O. The normalized spacial score (nSPS) is 12.3. The van der Waals surface area contributed by atoms with Crippen molar-refractivity contribution in [2.75, 3.05) is 14.2 Å². The zero-order valence-electron chi connectivity index (χ0n) is 10.9. The molecule has 1 rings (SSSR count). The summed E-state index contributed by atoms with van der Waals surface area (Å²) in [6.45, 7) is 1.54. The topological polar surface area (TPSA) is 55.8 Å². The summed E-state index contributed by atoms with van der Waals surface area (Å²) in [7, 11) is 2.64. The lowest BCUT2D eigenvalue weighted by Gasteiger charge is -2.15. The van der Waals surface area contributed by atoms with Gasteiger partial charge in [0.2, 0.25) is 0 Å². The Hall–Kier alpha value is -1.85. The predicted molar refractivity (Wildman–Crippen MR) is 65.0 cm³/mol. The summed E-state index contributed by atoms with van der Waals surface area (Å²) < 4.78 is 35.6. The van der Waals surface area contributed by atoms with Crippen molar-refractivity contribution < 1.29 is 28.2 Å². The van der Waals surface area contributed by atoms with Crippen molar-refractivity contribution >= 4 is 5.97 Å². The molecule has 19 heavy (non-hydrogen) atoms. The first-order valence-corrected chi connectivity index (χ1v) is 5.66. The van der Waals surface area contributed by atoms with Gasteiger partial charge >= 0.3 is 5.97 Å². The molecule has 1 atom stereocenters. The quantitative estimate of drug-likeness (QED) is 0.866. The molecule has 0 radical (unpaired) electrons. The highest BCUT2D eigenvalue weighted by molar-refractivity contribution is 5.70. The fourth-order valence-corrected chi connectivity index (χ4v) is 1.73. The van der Waals surface area contributed by atoms with Crippen molar-refractivity contribution in [2.24, 2.45) is 5.92 Å². The van der Waals surface area contributed by atoms with Crippen LogP contribution in [0.2, 0.25) is 0 Å². The average molecular weight is 274 g/mol. The third-order valence-corrected chi connectivity index (χ3v) is 2.82. The molecule has 0 aliphatic rings. The first-order valence-electron chi connectivity index (χ1n) is 5.66. The number of carbonyl (C=O) groups is 1. The van der Waals surface area contributed by atoms with Gasteiger partial charge in [0, 0.05) is 0 Å². The highest BCUT2D eigenvalue weighted by Gasteiger charge is 2.20. The Morgan fingerprint density at radius 3 is 2.26 bits per heavy atom. The standard InChI is InChI=1S/C13H16F2O4/c1-7(13(16)17)4-8-5-11(19-3)9(12(14)15)6-10(8)18-2/h5-7,12H,4H2,1-3H3,(H,16,17). The van der Waals surface area contributed by atoms with Crippen LogP contribution >= 0.6 is 0 Å². The molecule has 0 saturated heterocycles. The molecule has 0 aromatic heterocycles. The monoisotopic (exact) mass is 274 g/mol. The highest BCUT2D eigenvalue weighted by atomic mass is 19.3. The van der Waals surface area contributed by atoms with E-state index in [9.17, 15) is 13.6 Å². The van der Waals surface area contributed by atoms with Crippen LogP contribution in [0.4, 0.5) is 8.78 Å². The van der Waals surface area contributed by atoms with Crippen LogP contribution < -0.4 is 9.47 Å². The van der Waals surface area contributed by atoms with E-state index in [1.807, 2.05) is 0 Å². The van der Waals surface area contributed by atoms with Gasteiger partial charge in [-0.05, 0) is 24.1 Å². The van der Waals surface area contributed by atoms with Crippen LogP contribution in [0.1, 0.15) is 24.5 Å². The van der Waals surface area contributed by atoms with Gasteiger partial charge in [-0.3, -0.25) is 4.79 Å². The minimum absolute atomic E-state index is 0.0309. The third kappa shape index (κ3) is 3.56. The number of rotatable bonds is 6. The Morgan fingerprint density at radius 2 is 1.84 bits per heavy atom.